The van der Waals surface area contributed by atoms with E-state index < -0.39 is 0 Å². The minimum Gasteiger partial charge on any atom is -0.381 e. The average Bonchev–Trinajstić information content (AvgIpc) is 3.45. The molecular weight excluding hydrogens is 326 g/mol. The van der Waals surface area contributed by atoms with E-state index >= 15 is 0 Å². The molecule has 5 heteroatoms. The van der Waals surface area contributed by atoms with Gasteiger partial charge >= 0.3 is 0 Å². The van der Waals surface area contributed by atoms with Gasteiger partial charge in [0, 0.05) is 45.6 Å². The molecule has 0 amide bonds. The summed E-state index contributed by atoms with van der Waals surface area (Å²) >= 11 is 0. The van der Waals surface area contributed by atoms with Gasteiger partial charge in [0.05, 0.1) is 0 Å². The van der Waals surface area contributed by atoms with Crippen molar-refractivity contribution in [3.05, 3.63) is 0 Å². The topological polar surface area (TPSA) is 54.9 Å². The first-order valence-corrected chi connectivity index (χ1v) is 11.1. The van der Waals surface area contributed by atoms with Gasteiger partial charge in [0.15, 0.2) is 5.96 Å². The van der Waals surface area contributed by atoms with Crippen LogP contribution in [0.25, 0.3) is 0 Å². The number of rotatable bonds is 9. The number of guanidine groups is 1. The SMILES string of the molecule is CCNC(=NCCCOCC1CCOCC1)NC1CC1C1CCCCC1. The Balaban J connectivity index is 1.28. The van der Waals surface area contributed by atoms with E-state index in [0.717, 1.165) is 76.6 Å². The molecule has 0 radical (unpaired) electrons. The molecule has 1 aliphatic heterocycles. The summed E-state index contributed by atoms with van der Waals surface area (Å²) in [6.45, 7) is 7.40. The zero-order valence-corrected chi connectivity index (χ0v) is 16.7. The van der Waals surface area contributed by atoms with E-state index in [1.165, 1.54) is 38.5 Å². The van der Waals surface area contributed by atoms with Crippen molar-refractivity contribution < 1.29 is 9.47 Å². The Bertz CT molecular complexity index is 417. The maximum atomic E-state index is 5.84. The Hall–Kier alpha value is -0.810. The third-order valence-electron chi connectivity index (χ3n) is 6.17. The van der Waals surface area contributed by atoms with Crippen LogP contribution in [0.1, 0.15) is 64.7 Å². The number of ether oxygens (including phenoxy) is 2. The lowest BCUT2D eigenvalue weighted by molar-refractivity contribution is 0.0205. The second-order valence-electron chi connectivity index (χ2n) is 8.29. The number of hydrogen-bond acceptors (Lipinski definition) is 3. The molecule has 2 saturated carbocycles. The van der Waals surface area contributed by atoms with Crippen molar-refractivity contribution in [2.75, 3.05) is 39.5 Å². The number of nitrogens with zero attached hydrogens (tertiary/aromatic N) is 1. The van der Waals surface area contributed by atoms with Crippen molar-refractivity contribution in [3.63, 3.8) is 0 Å². The molecule has 3 rings (SSSR count). The second kappa shape index (κ2) is 11.1. The Morgan fingerprint density at radius 3 is 2.69 bits per heavy atom. The first-order chi connectivity index (χ1) is 12.9. The van der Waals surface area contributed by atoms with E-state index in [2.05, 4.69) is 17.6 Å². The van der Waals surface area contributed by atoms with Gasteiger partial charge in [0.2, 0.25) is 0 Å². The first kappa shape index (κ1) is 19.9. The summed E-state index contributed by atoms with van der Waals surface area (Å²) < 4.78 is 11.2. The summed E-state index contributed by atoms with van der Waals surface area (Å²) in [6, 6.07) is 0.653. The smallest absolute Gasteiger partial charge is 0.191 e. The molecule has 1 saturated heterocycles. The number of nitrogens with one attached hydrogen (secondary N) is 2. The molecule has 0 aromatic heterocycles. The average molecular weight is 366 g/mol. The van der Waals surface area contributed by atoms with Crippen molar-refractivity contribution in [1.82, 2.24) is 10.6 Å². The van der Waals surface area contributed by atoms with E-state index in [1.807, 2.05) is 0 Å². The van der Waals surface area contributed by atoms with Gasteiger partial charge in [-0.3, -0.25) is 4.99 Å². The van der Waals surface area contributed by atoms with Gasteiger partial charge in [-0.1, -0.05) is 32.1 Å². The predicted molar refractivity (Wildman–Crippen MR) is 107 cm³/mol. The number of hydrogen-bond donors (Lipinski definition) is 2. The van der Waals surface area contributed by atoms with Crippen LogP contribution in [0, 0.1) is 17.8 Å². The second-order valence-corrected chi connectivity index (χ2v) is 8.29. The summed E-state index contributed by atoms with van der Waals surface area (Å²) in [4.78, 5) is 4.75. The van der Waals surface area contributed by atoms with E-state index in [0.29, 0.717) is 12.0 Å². The molecule has 2 atom stereocenters. The van der Waals surface area contributed by atoms with Crippen molar-refractivity contribution in [2.24, 2.45) is 22.7 Å². The fourth-order valence-electron chi connectivity index (χ4n) is 4.48. The standard InChI is InChI=1S/C21H39N3O2/c1-2-22-21(24-20-15-19(20)18-7-4-3-5-8-18)23-11-6-12-26-16-17-9-13-25-14-10-17/h17-20H,2-16H2,1H3,(H2,22,23,24). The van der Waals surface area contributed by atoms with Crippen molar-refractivity contribution >= 4 is 5.96 Å². The molecule has 150 valence electrons. The predicted octanol–water partition coefficient (Wildman–Crippen LogP) is 3.34. The molecule has 3 aliphatic rings. The van der Waals surface area contributed by atoms with Crippen LogP contribution in [0.4, 0.5) is 0 Å². The van der Waals surface area contributed by atoms with Gasteiger partial charge in [0.1, 0.15) is 0 Å². The normalized spacial score (nSPS) is 28.1. The van der Waals surface area contributed by atoms with Gasteiger partial charge < -0.3 is 20.1 Å². The van der Waals surface area contributed by atoms with E-state index in [1.54, 1.807) is 0 Å². The Morgan fingerprint density at radius 2 is 1.92 bits per heavy atom. The van der Waals surface area contributed by atoms with Crippen LogP contribution in [0.15, 0.2) is 4.99 Å². The van der Waals surface area contributed by atoms with E-state index in [-0.39, 0.29) is 0 Å². The first-order valence-electron chi connectivity index (χ1n) is 11.1. The van der Waals surface area contributed by atoms with Crippen LogP contribution in [0.2, 0.25) is 0 Å². The molecule has 26 heavy (non-hydrogen) atoms. The van der Waals surface area contributed by atoms with Gasteiger partial charge in [-0.05, 0) is 50.4 Å². The minimum absolute atomic E-state index is 0.653. The molecule has 2 N–H and O–H groups in total. The molecule has 0 aromatic carbocycles. The largest absolute Gasteiger partial charge is 0.381 e. The van der Waals surface area contributed by atoms with Crippen LogP contribution in [-0.2, 0) is 9.47 Å². The third-order valence-corrected chi connectivity index (χ3v) is 6.17. The molecular formula is C21H39N3O2. The van der Waals surface area contributed by atoms with Crippen LogP contribution >= 0.6 is 0 Å². The summed E-state index contributed by atoms with van der Waals surface area (Å²) in [5, 5.41) is 7.07. The number of aliphatic imine (C=N–C) groups is 1. The van der Waals surface area contributed by atoms with E-state index in [4.69, 9.17) is 14.5 Å². The van der Waals surface area contributed by atoms with Gasteiger partial charge in [-0.25, -0.2) is 0 Å². The highest BCUT2D eigenvalue weighted by molar-refractivity contribution is 5.80. The molecule has 1 heterocycles. The molecule has 5 nitrogen and oxygen atoms in total. The zero-order chi connectivity index (χ0) is 18.0. The van der Waals surface area contributed by atoms with Crippen molar-refractivity contribution in [2.45, 2.75) is 70.8 Å². The maximum Gasteiger partial charge on any atom is 0.191 e. The highest BCUT2D eigenvalue weighted by Gasteiger charge is 2.43. The van der Waals surface area contributed by atoms with Crippen LogP contribution in [0.5, 0.6) is 0 Å². The molecule has 0 bridgehead atoms. The van der Waals surface area contributed by atoms with E-state index in [9.17, 15) is 0 Å². The fraction of sp³-hybridized carbons (Fsp3) is 0.952. The van der Waals surface area contributed by atoms with Gasteiger partial charge in [-0.2, -0.15) is 0 Å². The molecule has 2 unspecified atom stereocenters. The van der Waals surface area contributed by atoms with Gasteiger partial charge in [-0.15, -0.1) is 0 Å². The fourth-order valence-corrected chi connectivity index (χ4v) is 4.48. The highest BCUT2D eigenvalue weighted by atomic mass is 16.5. The summed E-state index contributed by atoms with van der Waals surface area (Å²) in [5.41, 5.74) is 0. The van der Waals surface area contributed by atoms with Crippen LogP contribution < -0.4 is 10.6 Å². The zero-order valence-electron chi connectivity index (χ0n) is 16.7. The van der Waals surface area contributed by atoms with Gasteiger partial charge in [0.25, 0.3) is 0 Å². The summed E-state index contributed by atoms with van der Waals surface area (Å²) in [6.07, 6.45) is 11.8. The summed E-state index contributed by atoms with van der Waals surface area (Å²) in [7, 11) is 0. The Kier molecular flexibility index (Phi) is 8.53. The summed E-state index contributed by atoms with van der Waals surface area (Å²) in [5.74, 6) is 3.54. The Morgan fingerprint density at radius 1 is 1.12 bits per heavy atom. The van der Waals surface area contributed by atoms with Crippen molar-refractivity contribution in [1.29, 1.82) is 0 Å². The maximum absolute atomic E-state index is 5.84. The third kappa shape index (κ3) is 6.73. The van der Waals surface area contributed by atoms with Crippen LogP contribution in [0.3, 0.4) is 0 Å². The molecule has 0 spiro atoms. The molecule has 2 aliphatic carbocycles. The minimum atomic E-state index is 0.653. The molecule has 0 aromatic rings. The lowest BCUT2D eigenvalue weighted by Crippen LogP contribution is -2.39. The Labute approximate surface area is 159 Å². The quantitative estimate of drug-likeness (QED) is 0.374. The highest BCUT2D eigenvalue weighted by Crippen LogP contribution is 2.44. The monoisotopic (exact) mass is 365 g/mol. The lowest BCUT2D eigenvalue weighted by atomic mass is 9.85. The van der Waals surface area contributed by atoms with Crippen molar-refractivity contribution in [3.8, 4) is 0 Å². The molecule has 3 fully saturated rings. The van der Waals surface area contributed by atoms with Crippen LogP contribution in [-0.4, -0.2) is 51.5 Å². The lowest BCUT2D eigenvalue weighted by Gasteiger charge is -2.22.